The van der Waals surface area contributed by atoms with Crippen LogP contribution in [0.25, 0.3) is 10.9 Å². The van der Waals surface area contributed by atoms with E-state index in [-0.39, 0.29) is 5.82 Å². The molecule has 1 aromatic carbocycles. The third-order valence-corrected chi connectivity index (χ3v) is 2.87. The average molecular weight is 274 g/mol. The van der Waals surface area contributed by atoms with Crippen LogP contribution >= 0.6 is 0 Å². The van der Waals surface area contributed by atoms with Crippen LogP contribution in [0.1, 0.15) is 24.0 Å². The lowest BCUT2D eigenvalue weighted by molar-refractivity contribution is 0.0684. The lowest BCUT2D eigenvalue weighted by Gasteiger charge is -2.09. The highest BCUT2D eigenvalue weighted by atomic mass is 16.4. The van der Waals surface area contributed by atoms with Crippen LogP contribution in [0, 0.1) is 0 Å². The van der Waals surface area contributed by atoms with E-state index in [1.54, 1.807) is 6.07 Å². The third-order valence-electron chi connectivity index (χ3n) is 2.87. The Bertz CT molecular complexity index is 601. The highest BCUT2D eigenvalue weighted by Gasteiger charge is 2.11. The van der Waals surface area contributed by atoms with Crippen LogP contribution in [0.2, 0.25) is 0 Å². The molecule has 6 heteroatoms. The van der Waals surface area contributed by atoms with Crippen LogP contribution in [-0.2, 0) is 0 Å². The number of aromatic carboxylic acids is 1. The summed E-state index contributed by atoms with van der Waals surface area (Å²) < 4.78 is 0. The number of anilines is 1. The summed E-state index contributed by atoms with van der Waals surface area (Å²) in [5.74, 6) is -0.728. The zero-order valence-electron chi connectivity index (χ0n) is 11.4. The molecular formula is C14H18N4O2. The number of fused-ring (bicyclic) bond motifs is 1. The number of carboxylic acid groups (broad SMARTS) is 1. The maximum Gasteiger partial charge on any atom is 0.374 e. The van der Waals surface area contributed by atoms with Crippen molar-refractivity contribution >= 4 is 22.7 Å². The molecule has 0 spiro atoms. The number of carbonyl (C=O) groups is 1. The minimum atomic E-state index is -1.12. The number of para-hydroxylation sites is 1. The number of carboxylic acids is 1. The first-order valence-corrected chi connectivity index (χ1v) is 6.67. The Kier molecular flexibility index (Phi) is 4.84. The first kappa shape index (κ1) is 14.2. The number of nitrogens with zero attached hydrogens (tertiary/aromatic N) is 2. The van der Waals surface area contributed by atoms with Crippen molar-refractivity contribution in [1.29, 1.82) is 0 Å². The highest BCUT2D eigenvalue weighted by Crippen LogP contribution is 2.19. The minimum Gasteiger partial charge on any atom is -0.475 e. The predicted molar refractivity (Wildman–Crippen MR) is 78.1 cm³/mol. The van der Waals surface area contributed by atoms with Crippen molar-refractivity contribution in [3.63, 3.8) is 0 Å². The van der Waals surface area contributed by atoms with Gasteiger partial charge in [0.25, 0.3) is 0 Å². The summed E-state index contributed by atoms with van der Waals surface area (Å²) in [5, 5.41) is 16.3. The summed E-state index contributed by atoms with van der Waals surface area (Å²) in [7, 11) is 0. The molecule has 1 heterocycles. The zero-order chi connectivity index (χ0) is 14.4. The van der Waals surface area contributed by atoms with E-state index >= 15 is 0 Å². The van der Waals surface area contributed by atoms with Gasteiger partial charge in [-0.25, -0.2) is 14.8 Å². The van der Waals surface area contributed by atoms with E-state index in [0.717, 1.165) is 31.4 Å². The number of aromatic nitrogens is 2. The van der Waals surface area contributed by atoms with Crippen molar-refractivity contribution in [1.82, 2.24) is 15.3 Å². The Morgan fingerprint density at radius 3 is 2.80 bits per heavy atom. The second kappa shape index (κ2) is 6.81. The Morgan fingerprint density at radius 2 is 2.05 bits per heavy atom. The Balaban J connectivity index is 2.19. The van der Waals surface area contributed by atoms with Crippen molar-refractivity contribution < 1.29 is 9.90 Å². The van der Waals surface area contributed by atoms with Gasteiger partial charge in [0.05, 0.1) is 5.52 Å². The van der Waals surface area contributed by atoms with E-state index in [4.69, 9.17) is 5.11 Å². The van der Waals surface area contributed by atoms with Gasteiger partial charge in [-0.1, -0.05) is 19.1 Å². The maximum atomic E-state index is 11.0. The van der Waals surface area contributed by atoms with E-state index in [2.05, 4.69) is 27.5 Å². The highest BCUT2D eigenvalue weighted by molar-refractivity contribution is 5.93. The Hall–Kier alpha value is -2.21. The van der Waals surface area contributed by atoms with Crippen LogP contribution in [0.15, 0.2) is 24.3 Å². The van der Waals surface area contributed by atoms with Crippen LogP contribution in [0.4, 0.5) is 5.82 Å². The quantitative estimate of drug-likeness (QED) is 0.667. The fourth-order valence-corrected chi connectivity index (χ4v) is 1.90. The molecule has 20 heavy (non-hydrogen) atoms. The van der Waals surface area contributed by atoms with Gasteiger partial charge < -0.3 is 15.7 Å². The van der Waals surface area contributed by atoms with E-state index in [1.807, 2.05) is 18.2 Å². The molecule has 0 aliphatic heterocycles. The maximum absolute atomic E-state index is 11.0. The van der Waals surface area contributed by atoms with Crippen LogP contribution in [0.3, 0.4) is 0 Å². The number of hydrogen-bond donors (Lipinski definition) is 3. The molecule has 0 atom stereocenters. The fraction of sp³-hybridized carbons (Fsp3) is 0.357. The van der Waals surface area contributed by atoms with Gasteiger partial charge in [0, 0.05) is 11.9 Å². The van der Waals surface area contributed by atoms with Crippen molar-refractivity contribution in [2.24, 2.45) is 0 Å². The van der Waals surface area contributed by atoms with Crippen LogP contribution in [0.5, 0.6) is 0 Å². The van der Waals surface area contributed by atoms with Gasteiger partial charge in [0.2, 0.25) is 5.82 Å². The molecule has 0 aliphatic carbocycles. The summed E-state index contributed by atoms with van der Waals surface area (Å²) in [4.78, 5) is 19.2. The summed E-state index contributed by atoms with van der Waals surface area (Å²) >= 11 is 0. The molecular weight excluding hydrogens is 256 g/mol. The predicted octanol–water partition coefficient (Wildman–Crippen LogP) is 1.74. The number of hydrogen-bond acceptors (Lipinski definition) is 5. The van der Waals surface area contributed by atoms with Crippen molar-refractivity contribution in [3.8, 4) is 0 Å². The van der Waals surface area contributed by atoms with E-state index < -0.39 is 5.97 Å². The Morgan fingerprint density at radius 1 is 1.25 bits per heavy atom. The van der Waals surface area contributed by atoms with Crippen molar-refractivity contribution in [2.75, 3.05) is 25.0 Å². The fourth-order valence-electron chi connectivity index (χ4n) is 1.90. The van der Waals surface area contributed by atoms with Gasteiger partial charge in [-0.3, -0.25) is 0 Å². The van der Waals surface area contributed by atoms with Gasteiger partial charge in [-0.15, -0.1) is 0 Å². The molecule has 0 fully saturated rings. The lowest BCUT2D eigenvalue weighted by Crippen LogP contribution is -2.18. The molecule has 0 amide bonds. The molecule has 106 valence electrons. The van der Waals surface area contributed by atoms with Crippen LogP contribution < -0.4 is 10.6 Å². The number of nitrogens with one attached hydrogen (secondary N) is 2. The number of benzene rings is 1. The molecule has 0 unspecified atom stereocenters. The monoisotopic (exact) mass is 274 g/mol. The first-order chi connectivity index (χ1) is 9.72. The normalized spacial score (nSPS) is 10.7. The smallest absolute Gasteiger partial charge is 0.374 e. The van der Waals surface area contributed by atoms with Gasteiger partial charge in [-0.2, -0.15) is 0 Å². The summed E-state index contributed by atoms with van der Waals surface area (Å²) in [6.45, 7) is 4.65. The topological polar surface area (TPSA) is 87.1 Å². The zero-order valence-corrected chi connectivity index (χ0v) is 11.4. The van der Waals surface area contributed by atoms with Crippen molar-refractivity contribution in [2.45, 2.75) is 13.3 Å². The molecule has 2 rings (SSSR count). The second-order valence-corrected chi connectivity index (χ2v) is 4.35. The van der Waals surface area contributed by atoms with Crippen LogP contribution in [-0.4, -0.2) is 40.7 Å². The molecule has 1 aromatic heterocycles. The van der Waals surface area contributed by atoms with Gasteiger partial charge in [0.1, 0.15) is 5.82 Å². The second-order valence-electron chi connectivity index (χ2n) is 4.35. The van der Waals surface area contributed by atoms with E-state index in [0.29, 0.717) is 11.3 Å². The van der Waals surface area contributed by atoms with Gasteiger partial charge >= 0.3 is 5.97 Å². The lowest BCUT2D eigenvalue weighted by atomic mass is 10.2. The number of rotatable bonds is 7. The molecule has 0 saturated heterocycles. The first-order valence-electron chi connectivity index (χ1n) is 6.67. The van der Waals surface area contributed by atoms with Gasteiger partial charge in [-0.05, 0) is 31.6 Å². The molecule has 0 saturated carbocycles. The largest absolute Gasteiger partial charge is 0.475 e. The minimum absolute atomic E-state index is 0.183. The molecule has 0 aliphatic rings. The third kappa shape index (κ3) is 3.42. The SMILES string of the molecule is CCNCCCNc1nc(C(=O)O)nc2ccccc12. The summed E-state index contributed by atoms with van der Waals surface area (Å²) in [5.41, 5.74) is 0.633. The summed E-state index contributed by atoms with van der Waals surface area (Å²) in [6.07, 6.45) is 0.939. The molecule has 0 bridgehead atoms. The van der Waals surface area contributed by atoms with E-state index in [1.165, 1.54) is 0 Å². The molecule has 0 radical (unpaired) electrons. The molecule has 6 nitrogen and oxygen atoms in total. The van der Waals surface area contributed by atoms with Gasteiger partial charge in [0.15, 0.2) is 0 Å². The van der Waals surface area contributed by atoms with Crippen molar-refractivity contribution in [3.05, 3.63) is 30.1 Å². The Labute approximate surface area is 117 Å². The standard InChI is InChI=1S/C14H18N4O2/c1-2-15-8-5-9-16-12-10-6-3-4-7-11(10)17-13(18-12)14(19)20/h3-4,6-7,15H,2,5,8-9H2,1H3,(H,19,20)(H,16,17,18). The molecule has 3 N–H and O–H groups in total. The van der Waals surface area contributed by atoms with E-state index in [9.17, 15) is 4.79 Å². The molecule has 2 aromatic rings. The average Bonchev–Trinajstić information content (AvgIpc) is 2.46. The summed E-state index contributed by atoms with van der Waals surface area (Å²) in [6, 6.07) is 7.38.